The van der Waals surface area contributed by atoms with Crippen LogP contribution in [0.25, 0.3) is 0 Å². The minimum atomic E-state index is -0.697. The van der Waals surface area contributed by atoms with Gasteiger partial charge in [-0.3, -0.25) is 14.6 Å². The lowest BCUT2D eigenvalue weighted by molar-refractivity contribution is -0.125. The van der Waals surface area contributed by atoms with E-state index >= 15 is 0 Å². The Morgan fingerprint density at radius 1 is 1.44 bits per heavy atom. The van der Waals surface area contributed by atoms with Gasteiger partial charge in [0, 0.05) is 0 Å². The summed E-state index contributed by atoms with van der Waals surface area (Å²) in [7, 11) is 0. The van der Waals surface area contributed by atoms with Crippen LogP contribution in [0.15, 0.2) is 29.3 Å². The number of nitrogens with zero attached hydrogens (tertiary/aromatic N) is 1. The van der Waals surface area contributed by atoms with Gasteiger partial charge in [0.15, 0.2) is 11.0 Å². The van der Waals surface area contributed by atoms with E-state index in [1.165, 1.54) is 19.1 Å². The van der Waals surface area contributed by atoms with E-state index in [9.17, 15) is 14.0 Å². The zero-order valence-corrected chi connectivity index (χ0v) is 10.5. The second kappa shape index (κ2) is 5.30. The molecule has 1 N–H and O–H groups in total. The van der Waals surface area contributed by atoms with E-state index in [1.807, 2.05) is 0 Å². The molecule has 0 spiro atoms. The van der Waals surface area contributed by atoms with E-state index in [1.54, 1.807) is 12.1 Å². The predicted molar refractivity (Wildman–Crippen MR) is 67.7 cm³/mol. The highest BCUT2D eigenvalue weighted by Gasteiger charge is 2.33. The third-order valence-corrected chi connectivity index (χ3v) is 3.62. The fourth-order valence-electron chi connectivity index (χ4n) is 1.46. The molecule has 1 atom stereocenters. The van der Waals surface area contributed by atoms with Gasteiger partial charge in [-0.15, -0.1) is 0 Å². The minimum Gasteiger partial charge on any atom is -0.304 e. The molecule has 18 heavy (non-hydrogen) atoms. The summed E-state index contributed by atoms with van der Waals surface area (Å²) in [4.78, 5) is 26.7. The lowest BCUT2D eigenvalue weighted by atomic mass is 10.2. The van der Waals surface area contributed by atoms with Crippen LogP contribution in [0, 0.1) is 5.82 Å². The van der Waals surface area contributed by atoms with Crippen LogP contribution in [0.4, 0.5) is 4.39 Å². The summed E-state index contributed by atoms with van der Waals surface area (Å²) in [6, 6.07) is 5.97. The monoisotopic (exact) mass is 266 g/mol. The lowest BCUT2D eigenvalue weighted by Gasteiger charge is -1.98. The SMILES string of the molecule is CC(=O)C1SC(=NCc2ccc(F)cc2)NC1=O. The van der Waals surface area contributed by atoms with Crippen molar-refractivity contribution in [3.05, 3.63) is 35.6 Å². The number of amides is 1. The van der Waals surface area contributed by atoms with Crippen molar-refractivity contribution in [1.29, 1.82) is 0 Å². The molecule has 0 saturated carbocycles. The zero-order chi connectivity index (χ0) is 13.1. The van der Waals surface area contributed by atoms with Crippen LogP contribution in [0.2, 0.25) is 0 Å². The molecule has 4 nitrogen and oxygen atoms in total. The van der Waals surface area contributed by atoms with Gasteiger partial charge < -0.3 is 5.32 Å². The molecule has 0 aromatic heterocycles. The molecular weight excluding hydrogens is 255 g/mol. The number of carbonyl (C=O) groups excluding carboxylic acids is 2. The first-order valence-electron chi connectivity index (χ1n) is 5.33. The average molecular weight is 266 g/mol. The number of aliphatic imine (C=N–C) groups is 1. The quantitative estimate of drug-likeness (QED) is 0.843. The van der Waals surface area contributed by atoms with E-state index < -0.39 is 5.25 Å². The molecule has 94 valence electrons. The van der Waals surface area contributed by atoms with Crippen molar-refractivity contribution in [2.75, 3.05) is 0 Å². The van der Waals surface area contributed by atoms with Gasteiger partial charge in [-0.2, -0.15) is 0 Å². The van der Waals surface area contributed by atoms with E-state index in [0.29, 0.717) is 11.7 Å². The Morgan fingerprint density at radius 2 is 2.11 bits per heavy atom. The maximum atomic E-state index is 12.7. The highest BCUT2D eigenvalue weighted by Crippen LogP contribution is 2.20. The van der Waals surface area contributed by atoms with Gasteiger partial charge in [0.25, 0.3) is 0 Å². The van der Waals surface area contributed by atoms with Crippen LogP contribution in [-0.2, 0) is 16.1 Å². The maximum Gasteiger partial charge on any atom is 0.247 e. The summed E-state index contributed by atoms with van der Waals surface area (Å²) >= 11 is 1.11. The average Bonchev–Trinajstić information content (AvgIpc) is 2.70. The molecule has 0 radical (unpaired) electrons. The third-order valence-electron chi connectivity index (χ3n) is 2.39. The Balaban J connectivity index is 2.01. The van der Waals surface area contributed by atoms with Crippen LogP contribution in [0.5, 0.6) is 0 Å². The van der Waals surface area contributed by atoms with E-state index in [2.05, 4.69) is 10.3 Å². The third kappa shape index (κ3) is 2.95. The summed E-state index contributed by atoms with van der Waals surface area (Å²) in [5.41, 5.74) is 0.838. The highest BCUT2D eigenvalue weighted by molar-refractivity contribution is 8.16. The molecule has 1 amide bonds. The Hall–Kier alpha value is -1.69. The van der Waals surface area contributed by atoms with Crippen molar-refractivity contribution in [2.24, 2.45) is 4.99 Å². The Morgan fingerprint density at radius 3 is 2.67 bits per heavy atom. The number of benzene rings is 1. The van der Waals surface area contributed by atoms with Crippen LogP contribution >= 0.6 is 11.8 Å². The summed E-state index contributed by atoms with van der Waals surface area (Å²) in [6.07, 6.45) is 0. The number of hydrogen-bond donors (Lipinski definition) is 1. The summed E-state index contributed by atoms with van der Waals surface area (Å²) < 4.78 is 12.7. The maximum absolute atomic E-state index is 12.7. The molecule has 0 aliphatic carbocycles. The van der Waals surface area contributed by atoms with E-state index in [-0.39, 0.29) is 17.5 Å². The molecule has 1 fully saturated rings. The number of ketones is 1. The van der Waals surface area contributed by atoms with Crippen molar-refractivity contribution in [2.45, 2.75) is 18.7 Å². The Labute approximate surface area is 108 Å². The number of rotatable bonds is 3. The standard InChI is InChI=1S/C12H11FN2O2S/c1-7(16)10-11(17)15-12(18-10)14-6-8-2-4-9(13)5-3-8/h2-5,10H,6H2,1H3,(H,14,15,17). The van der Waals surface area contributed by atoms with E-state index in [0.717, 1.165) is 17.3 Å². The summed E-state index contributed by atoms with van der Waals surface area (Å²) in [6.45, 7) is 1.72. The number of thioether (sulfide) groups is 1. The van der Waals surface area contributed by atoms with Gasteiger partial charge in [0.2, 0.25) is 5.91 Å². The molecule has 0 bridgehead atoms. The molecule has 1 heterocycles. The fourth-order valence-corrected chi connectivity index (χ4v) is 2.32. The molecule has 6 heteroatoms. The van der Waals surface area contributed by atoms with Crippen molar-refractivity contribution in [1.82, 2.24) is 5.32 Å². The van der Waals surface area contributed by atoms with Crippen LogP contribution in [-0.4, -0.2) is 22.1 Å². The number of hydrogen-bond acceptors (Lipinski definition) is 4. The second-order valence-corrected chi connectivity index (χ2v) is 4.94. The van der Waals surface area contributed by atoms with Gasteiger partial charge >= 0.3 is 0 Å². The predicted octanol–water partition coefficient (Wildman–Crippen LogP) is 1.50. The molecule has 1 aromatic rings. The number of carbonyl (C=O) groups is 2. The van der Waals surface area contributed by atoms with Crippen molar-refractivity contribution in [3.63, 3.8) is 0 Å². The molecule has 1 aromatic carbocycles. The van der Waals surface area contributed by atoms with Crippen molar-refractivity contribution in [3.8, 4) is 0 Å². The first-order chi connectivity index (χ1) is 8.56. The molecular formula is C12H11FN2O2S. The topological polar surface area (TPSA) is 58.5 Å². The first-order valence-corrected chi connectivity index (χ1v) is 6.21. The smallest absolute Gasteiger partial charge is 0.247 e. The Bertz CT molecular complexity index is 513. The van der Waals surface area contributed by atoms with E-state index in [4.69, 9.17) is 0 Å². The van der Waals surface area contributed by atoms with Gasteiger partial charge in [-0.25, -0.2) is 4.39 Å². The van der Waals surface area contributed by atoms with Crippen molar-refractivity contribution >= 4 is 28.6 Å². The first kappa shape index (κ1) is 12.8. The molecule has 1 aliphatic heterocycles. The number of amidine groups is 1. The van der Waals surface area contributed by atoms with Crippen molar-refractivity contribution < 1.29 is 14.0 Å². The van der Waals surface area contributed by atoms with Gasteiger partial charge in [-0.05, 0) is 24.6 Å². The molecule has 1 saturated heterocycles. The van der Waals surface area contributed by atoms with Crippen LogP contribution in [0.1, 0.15) is 12.5 Å². The van der Waals surface area contributed by atoms with Gasteiger partial charge in [0.05, 0.1) is 6.54 Å². The largest absolute Gasteiger partial charge is 0.304 e. The van der Waals surface area contributed by atoms with Crippen LogP contribution < -0.4 is 5.32 Å². The summed E-state index contributed by atoms with van der Waals surface area (Å²) in [5.74, 6) is -0.818. The molecule has 1 unspecified atom stereocenters. The summed E-state index contributed by atoms with van der Waals surface area (Å²) in [5, 5.41) is 2.28. The molecule has 1 aliphatic rings. The van der Waals surface area contributed by atoms with Crippen LogP contribution in [0.3, 0.4) is 0 Å². The highest BCUT2D eigenvalue weighted by atomic mass is 32.2. The molecule has 2 rings (SSSR count). The number of halogens is 1. The minimum absolute atomic E-state index is 0.190. The second-order valence-electron chi connectivity index (χ2n) is 3.85. The Kier molecular flexibility index (Phi) is 3.76. The fraction of sp³-hybridized carbons (Fsp3) is 0.250. The zero-order valence-electron chi connectivity index (χ0n) is 9.64. The number of Topliss-reactive ketones (excluding diaryl/α,β-unsaturated/α-hetero) is 1. The van der Waals surface area contributed by atoms with Gasteiger partial charge in [0.1, 0.15) is 11.1 Å². The lowest BCUT2D eigenvalue weighted by Crippen LogP contribution is -2.28. The normalized spacial score (nSPS) is 21.1. The van der Waals surface area contributed by atoms with Gasteiger partial charge in [-0.1, -0.05) is 23.9 Å². The number of nitrogens with one attached hydrogen (secondary N) is 1.